The van der Waals surface area contributed by atoms with Crippen LogP contribution in [0.25, 0.3) is 0 Å². The van der Waals surface area contributed by atoms with Gasteiger partial charge >= 0.3 is 5.97 Å². The number of aliphatic carboxylic acids is 1. The summed E-state index contributed by atoms with van der Waals surface area (Å²) in [6.45, 7) is 0. The van der Waals surface area contributed by atoms with E-state index < -0.39 is 29.8 Å². The van der Waals surface area contributed by atoms with Crippen LogP contribution < -0.4 is 4.90 Å². The largest absolute Gasteiger partial charge is 0.478 e. The van der Waals surface area contributed by atoms with Crippen LogP contribution in [0.4, 0.5) is 10.1 Å². The van der Waals surface area contributed by atoms with Gasteiger partial charge in [-0.1, -0.05) is 36.4 Å². The van der Waals surface area contributed by atoms with Crippen LogP contribution in [0.15, 0.2) is 77.4 Å². The standard InChI is InChI=1S/C21H16FNO4/c22-16-9-5-4-8-14(16)19-18-15(10-12(21(26)27)11-17(18)24)20(25)23(19)13-6-2-1-3-7-13/h1-9,11,17,19,24H,10H2,(H,26,27)/t17-,19+/m0/s1. The number of carboxylic acids is 1. The number of nitrogens with zero attached hydrogens (tertiary/aromatic N) is 1. The molecule has 27 heavy (non-hydrogen) atoms. The zero-order valence-corrected chi connectivity index (χ0v) is 14.2. The van der Waals surface area contributed by atoms with Gasteiger partial charge in [-0.15, -0.1) is 0 Å². The Kier molecular flexibility index (Phi) is 4.12. The SMILES string of the molecule is O=C(O)C1=C[C@H](O)C2=C(C1)C(=O)N(c1ccccc1)[C@@H]2c1ccccc1F. The second-order valence-corrected chi connectivity index (χ2v) is 6.49. The predicted molar refractivity (Wildman–Crippen MR) is 96.4 cm³/mol. The maximum atomic E-state index is 14.6. The third kappa shape index (κ3) is 2.74. The monoisotopic (exact) mass is 365 g/mol. The molecule has 0 bridgehead atoms. The predicted octanol–water partition coefficient (Wildman–Crippen LogP) is 2.99. The van der Waals surface area contributed by atoms with E-state index in [0.717, 1.165) is 0 Å². The fourth-order valence-corrected chi connectivity index (χ4v) is 3.74. The lowest BCUT2D eigenvalue weighted by Crippen LogP contribution is -2.31. The Morgan fingerprint density at radius 3 is 2.41 bits per heavy atom. The van der Waals surface area contributed by atoms with E-state index >= 15 is 0 Å². The Bertz CT molecular complexity index is 996. The molecule has 0 fully saturated rings. The molecule has 0 spiro atoms. The molecule has 1 heterocycles. The molecule has 5 nitrogen and oxygen atoms in total. The van der Waals surface area contributed by atoms with Crippen molar-refractivity contribution in [2.24, 2.45) is 0 Å². The second-order valence-electron chi connectivity index (χ2n) is 6.49. The molecule has 136 valence electrons. The summed E-state index contributed by atoms with van der Waals surface area (Å²) in [4.78, 5) is 26.0. The molecular weight excluding hydrogens is 349 g/mol. The minimum absolute atomic E-state index is 0.0446. The van der Waals surface area contributed by atoms with E-state index in [0.29, 0.717) is 11.3 Å². The smallest absolute Gasteiger partial charge is 0.331 e. The number of hydrogen-bond donors (Lipinski definition) is 2. The van der Waals surface area contributed by atoms with Crippen molar-refractivity contribution in [3.05, 3.63) is 88.8 Å². The molecule has 2 aromatic carbocycles. The average molecular weight is 365 g/mol. The second kappa shape index (κ2) is 6.48. The number of carbonyl (C=O) groups excluding carboxylic acids is 1. The summed E-state index contributed by atoms with van der Waals surface area (Å²) in [6.07, 6.45) is -0.159. The van der Waals surface area contributed by atoms with Gasteiger partial charge in [0.2, 0.25) is 0 Å². The highest BCUT2D eigenvalue weighted by Crippen LogP contribution is 2.46. The van der Waals surface area contributed by atoms with Crippen molar-refractivity contribution >= 4 is 17.6 Å². The van der Waals surface area contributed by atoms with Crippen LogP contribution >= 0.6 is 0 Å². The summed E-state index contributed by atoms with van der Waals surface area (Å²) in [5.74, 6) is -2.10. The number of carboxylic acid groups (broad SMARTS) is 1. The minimum atomic E-state index is -1.28. The van der Waals surface area contributed by atoms with Crippen molar-refractivity contribution in [2.75, 3.05) is 4.90 Å². The van der Waals surface area contributed by atoms with Crippen LogP contribution in [0.2, 0.25) is 0 Å². The summed E-state index contributed by atoms with van der Waals surface area (Å²) < 4.78 is 14.6. The third-order valence-electron chi connectivity index (χ3n) is 4.93. The molecule has 2 aromatic rings. The minimum Gasteiger partial charge on any atom is -0.478 e. The van der Waals surface area contributed by atoms with Crippen molar-refractivity contribution in [3.63, 3.8) is 0 Å². The van der Waals surface area contributed by atoms with E-state index in [9.17, 15) is 24.2 Å². The first kappa shape index (κ1) is 17.2. The summed E-state index contributed by atoms with van der Waals surface area (Å²) in [5.41, 5.74) is 1.30. The van der Waals surface area contributed by atoms with Gasteiger partial charge in [0.15, 0.2) is 0 Å². The lowest BCUT2D eigenvalue weighted by molar-refractivity contribution is -0.132. The number of rotatable bonds is 3. The molecule has 1 aliphatic carbocycles. The molecule has 0 aromatic heterocycles. The van der Waals surface area contributed by atoms with Crippen LogP contribution in [0, 0.1) is 5.82 Å². The van der Waals surface area contributed by atoms with Gasteiger partial charge < -0.3 is 10.2 Å². The number of aliphatic hydroxyl groups is 1. The Morgan fingerprint density at radius 1 is 1.07 bits per heavy atom. The van der Waals surface area contributed by atoms with E-state index in [4.69, 9.17) is 0 Å². The van der Waals surface area contributed by atoms with Gasteiger partial charge in [0.1, 0.15) is 5.82 Å². The van der Waals surface area contributed by atoms with Crippen molar-refractivity contribution in [2.45, 2.75) is 18.6 Å². The summed E-state index contributed by atoms with van der Waals surface area (Å²) in [6, 6.07) is 14.0. The lowest BCUT2D eigenvalue weighted by atomic mass is 9.86. The number of aliphatic hydroxyl groups excluding tert-OH is 1. The van der Waals surface area contributed by atoms with Gasteiger partial charge in [-0.3, -0.25) is 9.69 Å². The number of para-hydroxylation sites is 1. The highest BCUT2D eigenvalue weighted by Gasteiger charge is 2.46. The first-order valence-electron chi connectivity index (χ1n) is 8.47. The summed E-state index contributed by atoms with van der Waals surface area (Å²) in [7, 11) is 0. The highest BCUT2D eigenvalue weighted by atomic mass is 19.1. The first-order valence-corrected chi connectivity index (χ1v) is 8.47. The molecular formula is C21H16FNO4. The zero-order chi connectivity index (χ0) is 19.1. The number of amides is 1. The lowest BCUT2D eigenvalue weighted by Gasteiger charge is -2.29. The topological polar surface area (TPSA) is 77.8 Å². The Balaban J connectivity index is 1.89. The van der Waals surface area contributed by atoms with E-state index in [1.165, 1.54) is 17.0 Å². The van der Waals surface area contributed by atoms with E-state index in [2.05, 4.69) is 0 Å². The van der Waals surface area contributed by atoms with Gasteiger partial charge in [0.05, 0.1) is 12.1 Å². The van der Waals surface area contributed by atoms with Gasteiger partial charge in [-0.2, -0.15) is 0 Å². The number of benzene rings is 2. The van der Waals surface area contributed by atoms with Gasteiger partial charge in [-0.05, 0) is 29.8 Å². The van der Waals surface area contributed by atoms with E-state index in [1.807, 2.05) is 0 Å². The first-order chi connectivity index (χ1) is 13.0. The molecule has 0 saturated heterocycles. The molecule has 1 amide bonds. The highest BCUT2D eigenvalue weighted by molar-refractivity contribution is 6.12. The molecule has 6 heteroatoms. The number of carbonyl (C=O) groups is 2. The van der Waals surface area contributed by atoms with Crippen molar-refractivity contribution < 1.29 is 24.2 Å². The van der Waals surface area contributed by atoms with Gasteiger partial charge in [0, 0.05) is 28.8 Å². The van der Waals surface area contributed by atoms with Crippen LogP contribution in [0.1, 0.15) is 18.0 Å². The molecule has 2 N–H and O–H groups in total. The average Bonchev–Trinajstić information content (AvgIpc) is 2.96. The van der Waals surface area contributed by atoms with Crippen molar-refractivity contribution in [1.29, 1.82) is 0 Å². The molecule has 0 saturated carbocycles. The van der Waals surface area contributed by atoms with E-state index in [1.54, 1.807) is 48.5 Å². The number of hydrogen-bond acceptors (Lipinski definition) is 3. The molecule has 0 radical (unpaired) electrons. The van der Waals surface area contributed by atoms with Gasteiger partial charge in [0.25, 0.3) is 5.91 Å². The van der Waals surface area contributed by atoms with Crippen molar-refractivity contribution in [3.8, 4) is 0 Å². The maximum Gasteiger partial charge on any atom is 0.331 e. The Labute approximate surface area is 154 Å². The Morgan fingerprint density at radius 2 is 1.74 bits per heavy atom. The van der Waals surface area contributed by atoms with Crippen molar-refractivity contribution in [1.82, 2.24) is 0 Å². The molecule has 4 rings (SSSR count). The normalized spacial score (nSPS) is 21.9. The van der Waals surface area contributed by atoms with E-state index in [-0.39, 0.29) is 23.1 Å². The van der Waals surface area contributed by atoms with Crippen LogP contribution in [-0.2, 0) is 9.59 Å². The number of anilines is 1. The molecule has 2 aliphatic rings. The van der Waals surface area contributed by atoms with Crippen LogP contribution in [0.5, 0.6) is 0 Å². The molecule has 1 aliphatic heterocycles. The fraction of sp³-hybridized carbons (Fsp3) is 0.143. The summed E-state index contributed by atoms with van der Waals surface area (Å²) in [5, 5.41) is 19.9. The number of halogens is 1. The quantitative estimate of drug-likeness (QED) is 0.877. The third-order valence-corrected chi connectivity index (χ3v) is 4.93. The fourth-order valence-electron chi connectivity index (χ4n) is 3.74. The maximum absolute atomic E-state index is 14.6. The molecule has 2 atom stereocenters. The van der Waals surface area contributed by atoms with Gasteiger partial charge in [-0.25, -0.2) is 9.18 Å². The molecule has 0 unspecified atom stereocenters. The summed E-state index contributed by atoms with van der Waals surface area (Å²) >= 11 is 0. The van der Waals surface area contributed by atoms with Crippen LogP contribution in [0.3, 0.4) is 0 Å². The Hall–Kier alpha value is -3.25. The zero-order valence-electron chi connectivity index (χ0n) is 14.2. The van der Waals surface area contributed by atoms with Crippen LogP contribution in [-0.4, -0.2) is 28.2 Å².